The number of fused-ring (bicyclic) bond motifs is 3. The Morgan fingerprint density at radius 2 is 1.83 bits per heavy atom. The van der Waals surface area contributed by atoms with Crippen LogP contribution in [-0.2, 0) is 14.4 Å². The van der Waals surface area contributed by atoms with Gasteiger partial charge in [-0.05, 0) is 0 Å². The molecule has 41 heavy (non-hydrogen) atoms. The van der Waals surface area contributed by atoms with Crippen LogP contribution in [0.5, 0.6) is 0 Å². The Morgan fingerprint density at radius 1 is 1.07 bits per heavy atom. The van der Waals surface area contributed by atoms with E-state index in [1.165, 1.54) is 28.0 Å². The topological polar surface area (TPSA) is 70.6 Å². The number of aromatic nitrogens is 1. The summed E-state index contributed by atoms with van der Waals surface area (Å²) in [5.41, 5.74) is 1.52. The van der Waals surface area contributed by atoms with Crippen molar-refractivity contribution in [2.75, 3.05) is 14.4 Å². The van der Waals surface area contributed by atoms with Crippen LogP contribution in [0.2, 0.25) is 0 Å². The average molecular weight is 675 g/mol. The van der Waals surface area contributed by atoms with Crippen molar-refractivity contribution in [3.8, 4) is 0 Å². The molecule has 3 fully saturated rings. The molecule has 3 aromatic rings. The van der Waals surface area contributed by atoms with Gasteiger partial charge in [-0.1, -0.05) is 0 Å². The van der Waals surface area contributed by atoms with Gasteiger partial charge in [-0.25, -0.2) is 0 Å². The Labute approximate surface area is 242 Å². The van der Waals surface area contributed by atoms with E-state index in [0.29, 0.717) is 21.6 Å². The number of benzene rings is 2. The standard InChI is InChI=1S/C30H27F3IN4O3/c1-18-6-4-11-25(35-18)37-24(12-13-26(37)39)28(40)36(20-8-5-7-19(31)14-20)27-22-9-2-3-10-23(22)34-17-38(34,29(27)41)21-15-30(32,33)16-21/h2-11,14,21,24,27H,12-13,15-17H2,1H3/q+1/t24-,27-,38?/m0/s1. The van der Waals surface area contributed by atoms with Gasteiger partial charge in [0.1, 0.15) is 0 Å². The molecule has 4 heterocycles. The summed E-state index contributed by atoms with van der Waals surface area (Å²) >= 11 is -2.17. The molecule has 4 aliphatic rings. The van der Waals surface area contributed by atoms with E-state index in [1.807, 2.05) is 18.2 Å². The molecule has 1 aliphatic carbocycles. The van der Waals surface area contributed by atoms with Crippen molar-refractivity contribution in [1.82, 2.24) is 4.98 Å². The van der Waals surface area contributed by atoms with E-state index in [0.717, 1.165) is 3.57 Å². The van der Waals surface area contributed by atoms with E-state index in [-0.39, 0.29) is 45.9 Å². The molecule has 0 radical (unpaired) electrons. The molecular formula is C30H27F3IN4O3+. The van der Waals surface area contributed by atoms with Crippen molar-refractivity contribution < 1.29 is 30.3 Å². The molecule has 0 bridgehead atoms. The predicted octanol–water partition coefficient (Wildman–Crippen LogP) is 5.52. The van der Waals surface area contributed by atoms with Crippen LogP contribution in [0.4, 0.5) is 24.7 Å². The van der Waals surface area contributed by atoms with Gasteiger partial charge >= 0.3 is 243 Å². The van der Waals surface area contributed by atoms with Gasteiger partial charge in [0.25, 0.3) is 0 Å². The predicted molar refractivity (Wildman–Crippen MR) is 153 cm³/mol. The molecular weight excluding hydrogens is 648 g/mol. The molecule has 3 aliphatic heterocycles. The summed E-state index contributed by atoms with van der Waals surface area (Å²) in [5, 5.41) is 0. The number of aryl methyl sites for hydroxylation is 1. The molecule has 1 saturated carbocycles. The molecule has 7 nitrogen and oxygen atoms in total. The third-order valence-corrected chi connectivity index (χ3v) is 15.4. The first-order chi connectivity index (χ1) is 19.6. The van der Waals surface area contributed by atoms with Gasteiger partial charge in [0, 0.05) is 0 Å². The van der Waals surface area contributed by atoms with Crippen LogP contribution in [0.15, 0.2) is 66.7 Å². The van der Waals surface area contributed by atoms with Crippen molar-refractivity contribution in [2.24, 2.45) is 0 Å². The van der Waals surface area contributed by atoms with Crippen LogP contribution in [0.3, 0.4) is 0 Å². The quantitative estimate of drug-likeness (QED) is 0.118. The van der Waals surface area contributed by atoms with Crippen molar-refractivity contribution in [2.45, 2.75) is 56.7 Å². The molecule has 3 atom stereocenters. The molecule has 1 unspecified atom stereocenters. The normalized spacial score (nSPS) is 27.2. The number of carbonyl (C=O) groups is 3. The molecule has 1 aromatic heterocycles. The van der Waals surface area contributed by atoms with Crippen LogP contribution in [0, 0.1) is 16.3 Å². The number of amides is 3. The van der Waals surface area contributed by atoms with Gasteiger partial charge in [0.05, 0.1) is 0 Å². The first-order valence-corrected chi connectivity index (χ1v) is 17.1. The average Bonchev–Trinajstić information content (AvgIpc) is 3.58. The fourth-order valence-electron chi connectivity index (χ4n) is 6.43. The fourth-order valence-corrected chi connectivity index (χ4v) is 14.3. The van der Waals surface area contributed by atoms with E-state index >= 15 is 0 Å². The van der Waals surface area contributed by atoms with E-state index in [1.54, 1.807) is 37.3 Å². The zero-order valence-corrected chi connectivity index (χ0v) is 24.3. The number of carbonyl (C=O) groups excluding carboxylic acids is 3. The summed E-state index contributed by atoms with van der Waals surface area (Å²) < 4.78 is 44.3. The molecule has 2 aromatic carbocycles. The van der Waals surface area contributed by atoms with Gasteiger partial charge < -0.3 is 0 Å². The number of anilines is 2. The number of hydrogen-bond acceptors (Lipinski definition) is 4. The molecule has 7 rings (SSSR count). The van der Waals surface area contributed by atoms with Crippen molar-refractivity contribution >= 4 is 49.3 Å². The Bertz CT molecular complexity index is 1610. The van der Waals surface area contributed by atoms with E-state index < -0.39 is 55.9 Å². The number of halogens is 4. The van der Waals surface area contributed by atoms with Gasteiger partial charge in [0.15, 0.2) is 0 Å². The van der Waals surface area contributed by atoms with Crippen LogP contribution in [0.25, 0.3) is 0 Å². The maximum absolute atomic E-state index is 14.6. The van der Waals surface area contributed by atoms with Crippen molar-refractivity contribution in [3.63, 3.8) is 0 Å². The summed E-state index contributed by atoms with van der Waals surface area (Å²) in [5.74, 6) is -4.12. The third kappa shape index (κ3) is 4.10. The van der Waals surface area contributed by atoms with Gasteiger partial charge in [-0.3, -0.25) is 0 Å². The van der Waals surface area contributed by atoms with Crippen LogP contribution in [0.1, 0.15) is 43.0 Å². The Morgan fingerprint density at radius 3 is 2.56 bits per heavy atom. The fraction of sp³-hybridized carbons (Fsp3) is 0.333. The van der Waals surface area contributed by atoms with Crippen molar-refractivity contribution in [3.05, 3.63) is 87.4 Å². The monoisotopic (exact) mass is 675 g/mol. The van der Waals surface area contributed by atoms with Gasteiger partial charge in [-0.2, -0.15) is 0 Å². The van der Waals surface area contributed by atoms with Crippen LogP contribution in [-0.4, -0.2) is 48.0 Å². The Kier molecular flexibility index (Phi) is 6.06. The summed E-state index contributed by atoms with van der Waals surface area (Å²) in [6, 6.07) is 15.6. The first kappa shape index (κ1) is 26.6. The number of nitrogens with zero attached hydrogens (tertiary/aromatic N) is 4. The number of rotatable bonds is 5. The van der Waals surface area contributed by atoms with Gasteiger partial charge in [-0.15, -0.1) is 0 Å². The second-order valence-electron chi connectivity index (χ2n) is 11.1. The molecule has 212 valence electrons. The summed E-state index contributed by atoms with van der Waals surface area (Å²) in [7, 11) is 0. The molecule has 0 N–H and O–H groups in total. The summed E-state index contributed by atoms with van der Waals surface area (Å²) in [6.45, 7) is 1.79. The zero-order chi connectivity index (χ0) is 28.7. The first-order valence-electron chi connectivity index (χ1n) is 13.5. The number of hydrogen-bond donors (Lipinski definition) is 0. The van der Waals surface area contributed by atoms with Crippen molar-refractivity contribution in [1.29, 1.82) is 0 Å². The molecule has 3 amide bonds. The second kappa shape index (κ2) is 9.35. The Balaban J connectivity index is 1.36. The van der Waals surface area contributed by atoms with Gasteiger partial charge in [0.2, 0.25) is 0 Å². The number of pyridine rings is 1. The molecule has 2 saturated heterocycles. The number of alkyl halides is 3. The second-order valence-corrected chi connectivity index (χ2v) is 16.5. The zero-order valence-electron chi connectivity index (χ0n) is 22.1. The molecule has 11 heteroatoms. The molecule has 0 spiro atoms. The SMILES string of the molecule is Cc1cccc(N2C(=O)CC[C@H]2C(=O)N(c2cccc(F)c2)[C@@H]2C(=O)[N+]3(C4CC(F)(F)C4)CI3c3ccccc32)n1. The number of quaternary nitrogens is 1. The van der Waals surface area contributed by atoms with Crippen LogP contribution >= 0.6 is 20.1 Å². The van der Waals surface area contributed by atoms with E-state index in [2.05, 4.69) is 4.98 Å². The maximum atomic E-state index is 14.6. The van der Waals surface area contributed by atoms with E-state index in [4.69, 9.17) is 0 Å². The minimum atomic E-state index is -2.79. The Hall–Kier alpha value is -3.32. The summed E-state index contributed by atoms with van der Waals surface area (Å²) in [4.78, 5) is 49.4. The summed E-state index contributed by atoms with van der Waals surface area (Å²) in [6.07, 6.45) is -0.376. The van der Waals surface area contributed by atoms with Crippen LogP contribution < -0.4 is 9.80 Å². The minimum absolute atomic E-state index is 0.0209. The van der Waals surface area contributed by atoms with E-state index in [9.17, 15) is 27.6 Å². The third-order valence-electron chi connectivity index (χ3n) is 8.47.